The zero-order valence-corrected chi connectivity index (χ0v) is 16.4. The van der Waals surface area contributed by atoms with Crippen molar-refractivity contribution in [3.05, 3.63) is 42.4 Å². The quantitative estimate of drug-likeness (QED) is 0.450. The van der Waals surface area contributed by atoms with Crippen molar-refractivity contribution in [3.63, 3.8) is 0 Å². The number of H-pyrrole nitrogens is 1. The highest BCUT2D eigenvalue weighted by Crippen LogP contribution is 2.38. The fraction of sp³-hybridized carbons (Fsp3) is 0.300. The summed E-state index contributed by atoms with van der Waals surface area (Å²) in [6.45, 7) is 4.51. The molecule has 0 aliphatic carbocycles. The molecule has 150 valence electrons. The van der Waals surface area contributed by atoms with Crippen LogP contribution in [0.5, 0.6) is 11.5 Å². The van der Waals surface area contributed by atoms with Crippen molar-refractivity contribution in [2.75, 3.05) is 32.1 Å². The van der Waals surface area contributed by atoms with Gasteiger partial charge in [-0.15, -0.1) is 0 Å². The topological polar surface area (TPSA) is 121 Å². The van der Waals surface area contributed by atoms with Gasteiger partial charge in [0.2, 0.25) is 0 Å². The lowest BCUT2D eigenvalue weighted by Crippen LogP contribution is -2.16. The maximum Gasteiger partial charge on any atom is 0.158 e. The summed E-state index contributed by atoms with van der Waals surface area (Å²) in [5.41, 5.74) is 1.79. The van der Waals surface area contributed by atoms with Gasteiger partial charge in [0.15, 0.2) is 11.5 Å². The number of hydrogen-bond acceptors (Lipinski definition) is 8. The summed E-state index contributed by atoms with van der Waals surface area (Å²) < 4.78 is 11.5. The number of anilines is 2. The third-order valence-electron chi connectivity index (χ3n) is 4.08. The molecular weight excluding hydrogens is 370 g/mol. The molecule has 29 heavy (non-hydrogen) atoms. The Morgan fingerprint density at radius 1 is 1.17 bits per heavy atom. The Kier molecular flexibility index (Phi) is 6.97. The van der Waals surface area contributed by atoms with E-state index < -0.39 is 0 Å². The number of nitriles is 1. The predicted octanol–water partition coefficient (Wildman–Crippen LogP) is 2.87. The van der Waals surface area contributed by atoms with Gasteiger partial charge >= 0.3 is 0 Å². The number of aromatic nitrogens is 4. The number of methoxy groups -OCH3 is 1. The molecule has 3 N–H and O–H groups in total. The van der Waals surface area contributed by atoms with Gasteiger partial charge in [0.1, 0.15) is 23.4 Å². The fourth-order valence-electron chi connectivity index (χ4n) is 2.72. The minimum atomic E-state index is 0.253. The molecule has 0 radical (unpaired) electrons. The molecule has 0 atom stereocenters. The Labute approximate surface area is 169 Å². The van der Waals surface area contributed by atoms with E-state index in [4.69, 9.17) is 14.7 Å². The van der Waals surface area contributed by atoms with Gasteiger partial charge in [-0.25, -0.2) is 9.97 Å². The van der Waals surface area contributed by atoms with E-state index >= 15 is 0 Å². The van der Waals surface area contributed by atoms with Crippen LogP contribution in [0.3, 0.4) is 0 Å². The summed E-state index contributed by atoms with van der Waals surface area (Å²) in [6.07, 6.45) is 3.78. The van der Waals surface area contributed by atoms with Crippen molar-refractivity contribution in [1.82, 2.24) is 25.5 Å². The van der Waals surface area contributed by atoms with Gasteiger partial charge in [0.25, 0.3) is 0 Å². The lowest BCUT2D eigenvalue weighted by molar-refractivity contribution is 0.308. The van der Waals surface area contributed by atoms with E-state index in [0.29, 0.717) is 29.7 Å². The minimum absolute atomic E-state index is 0.253. The predicted molar refractivity (Wildman–Crippen MR) is 109 cm³/mol. The van der Waals surface area contributed by atoms with Gasteiger partial charge < -0.3 is 20.1 Å². The van der Waals surface area contributed by atoms with Gasteiger partial charge in [-0.1, -0.05) is 13.0 Å². The van der Waals surface area contributed by atoms with E-state index in [0.717, 1.165) is 30.8 Å². The van der Waals surface area contributed by atoms with Crippen LogP contribution >= 0.6 is 0 Å². The molecule has 2 aromatic heterocycles. The molecule has 0 saturated heterocycles. The standard InChI is InChI=1S/C20H23N7O2/c1-3-22-8-5-9-29-17-7-4-6-16(28-2)20(17)15-10-18(27-26-15)25-19-13-23-14(11-21)12-24-19/h4,6-7,10,12-13,22H,3,5,8-9H2,1-2H3,(H2,24,25,26,27). The van der Waals surface area contributed by atoms with E-state index in [1.807, 2.05) is 30.3 Å². The number of aromatic amines is 1. The van der Waals surface area contributed by atoms with E-state index in [-0.39, 0.29) is 5.69 Å². The Hall–Kier alpha value is -3.64. The van der Waals surface area contributed by atoms with E-state index in [2.05, 4.69) is 37.7 Å². The lowest BCUT2D eigenvalue weighted by atomic mass is 10.1. The first-order chi connectivity index (χ1) is 14.2. The highest BCUT2D eigenvalue weighted by molar-refractivity contribution is 5.76. The van der Waals surface area contributed by atoms with Gasteiger partial charge in [0.05, 0.1) is 37.4 Å². The Bertz CT molecular complexity index is 964. The van der Waals surface area contributed by atoms with Crippen molar-refractivity contribution >= 4 is 11.6 Å². The number of nitrogens with one attached hydrogen (secondary N) is 3. The van der Waals surface area contributed by atoms with Gasteiger partial charge in [0, 0.05) is 6.07 Å². The minimum Gasteiger partial charge on any atom is -0.496 e. The largest absolute Gasteiger partial charge is 0.496 e. The molecule has 9 nitrogen and oxygen atoms in total. The second-order valence-electron chi connectivity index (χ2n) is 6.08. The van der Waals surface area contributed by atoms with Crippen LogP contribution < -0.4 is 20.1 Å². The first-order valence-electron chi connectivity index (χ1n) is 9.30. The normalized spacial score (nSPS) is 10.4. The molecule has 3 rings (SSSR count). The summed E-state index contributed by atoms with van der Waals surface area (Å²) in [5.74, 6) is 2.45. The van der Waals surface area contributed by atoms with Crippen LogP contribution in [-0.2, 0) is 0 Å². The lowest BCUT2D eigenvalue weighted by Gasteiger charge is -2.14. The molecule has 0 aliphatic heterocycles. The molecule has 0 amide bonds. The average molecular weight is 393 g/mol. The number of rotatable bonds is 10. The second kappa shape index (κ2) is 10.1. The third-order valence-corrected chi connectivity index (χ3v) is 4.08. The number of nitrogens with zero attached hydrogens (tertiary/aromatic N) is 4. The summed E-state index contributed by atoms with van der Waals surface area (Å²) in [4.78, 5) is 8.12. The molecule has 0 spiro atoms. The van der Waals surface area contributed by atoms with Crippen molar-refractivity contribution in [1.29, 1.82) is 5.26 Å². The van der Waals surface area contributed by atoms with Gasteiger partial charge in [-0.3, -0.25) is 5.10 Å². The molecule has 1 aromatic carbocycles. The van der Waals surface area contributed by atoms with Crippen LogP contribution in [0.25, 0.3) is 11.3 Å². The Morgan fingerprint density at radius 2 is 2.03 bits per heavy atom. The molecule has 0 aliphatic rings. The molecule has 9 heteroatoms. The summed E-state index contributed by atoms with van der Waals surface area (Å²) in [7, 11) is 1.62. The first-order valence-corrected chi connectivity index (χ1v) is 9.30. The smallest absolute Gasteiger partial charge is 0.158 e. The molecule has 0 bridgehead atoms. The van der Waals surface area contributed by atoms with Gasteiger partial charge in [-0.05, 0) is 31.6 Å². The van der Waals surface area contributed by atoms with Crippen LogP contribution in [0.2, 0.25) is 0 Å². The van der Waals surface area contributed by atoms with Crippen molar-refractivity contribution < 1.29 is 9.47 Å². The molecule has 0 fully saturated rings. The second-order valence-corrected chi connectivity index (χ2v) is 6.08. The van der Waals surface area contributed by atoms with E-state index in [1.165, 1.54) is 12.4 Å². The van der Waals surface area contributed by atoms with Crippen LogP contribution in [0.1, 0.15) is 19.0 Å². The monoisotopic (exact) mass is 393 g/mol. The fourth-order valence-corrected chi connectivity index (χ4v) is 2.72. The first kappa shape index (κ1) is 20.1. The Balaban J connectivity index is 1.77. The van der Waals surface area contributed by atoms with Crippen molar-refractivity contribution in [2.24, 2.45) is 0 Å². The number of hydrogen-bond donors (Lipinski definition) is 3. The zero-order valence-electron chi connectivity index (χ0n) is 16.4. The zero-order chi connectivity index (χ0) is 20.5. The third kappa shape index (κ3) is 5.21. The van der Waals surface area contributed by atoms with Crippen LogP contribution in [0.15, 0.2) is 36.7 Å². The highest BCUT2D eigenvalue weighted by Gasteiger charge is 2.16. The number of benzene rings is 1. The average Bonchev–Trinajstić information content (AvgIpc) is 3.21. The maximum atomic E-state index is 8.81. The molecule has 0 unspecified atom stereocenters. The summed E-state index contributed by atoms with van der Waals surface area (Å²) in [5, 5.41) is 22.4. The highest BCUT2D eigenvalue weighted by atomic mass is 16.5. The molecular formula is C20H23N7O2. The van der Waals surface area contributed by atoms with Crippen LogP contribution in [0.4, 0.5) is 11.6 Å². The SMILES string of the molecule is CCNCCCOc1cccc(OC)c1-c1cc(Nc2cnc(C#N)cn2)n[nH]1. The maximum absolute atomic E-state index is 8.81. The number of ether oxygens (including phenoxy) is 2. The molecule has 2 heterocycles. The van der Waals surface area contributed by atoms with Crippen LogP contribution in [0, 0.1) is 11.3 Å². The molecule has 3 aromatic rings. The summed E-state index contributed by atoms with van der Waals surface area (Å²) >= 11 is 0. The van der Waals surface area contributed by atoms with E-state index in [1.54, 1.807) is 7.11 Å². The Morgan fingerprint density at radius 3 is 2.76 bits per heavy atom. The summed E-state index contributed by atoms with van der Waals surface area (Å²) in [6, 6.07) is 9.45. The van der Waals surface area contributed by atoms with E-state index in [9.17, 15) is 0 Å². The van der Waals surface area contributed by atoms with Crippen molar-refractivity contribution in [2.45, 2.75) is 13.3 Å². The van der Waals surface area contributed by atoms with Crippen molar-refractivity contribution in [3.8, 4) is 28.8 Å². The van der Waals surface area contributed by atoms with Gasteiger partial charge in [-0.2, -0.15) is 10.4 Å². The van der Waals surface area contributed by atoms with Crippen LogP contribution in [-0.4, -0.2) is 47.0 Å². The molecule has 0 saturated carbocycles.